The van der Waals surface area contributed by atoms with Crippen molar-refractivity contribution >= 4 is 11.7 Å². The Morgan fingerprint density at radius 1 is 1.11 bits per heavy atom. The van der Waals surface area contributed by atoms with Crippen LogP contribution < -0.4 is 14.8 Å². The van der Waals surface area contributed by atoms with Gasteiger partial charge in [0.05, 0.1) is 24.9 Å². The van der Waals surface area contributed by atoms with Crippen molar-refractivity contribution in [2.45, 2.75) is 59.4 Å². The Hall–Kier alpha value is -2.50. The van der Waals surface area contributed by atoms with Crippen molar-refractivity contribution in [3.05, 3.63) is 35.5 Å². The molecule has 1 aromatic heterocycles. The van der Waals surface area contributed by atoms with E-state index in [1.807, 2.05) is 17.7 Å². The smallest absolute Gasteiger partial charge is 0.256 e. The van der Waals surface area contributed by atoms with Crippen molar-refractivity contribution in [3.63, 3.8) is 0 Å². The summed E-state index contributed by atoms with van der Waals surface area (Å²) in [5, 5.41) is 7.72. The fraction of sp³-hybridized carbons (Fsp3) is 0.524. The normalized spacial score (nSPS) is 12.0. The third kappa shape index (κ3) is 4.81. The number of amides is 1. The van der Waals surface area contributed by atoms with Crippen LogP contribution in [0.3, 0.4) is 0 Å². The number of hydrogen-bond acceptors (Lipinski definition) is 4. The molecule has 1 aromatic carbocycles. The van der Waals surface area contributed by atoms with Gasteiger partial charge in [0, 0.05) is 17.0 Å². The molecule has 0 saturated carbocycles. The van der Waals surface area contributed by atoms with Crippen LogP contribution in [0.4, 0.5) is 5.82 Å². The molecular weight excluding hydrogens is 342 g/mol. The van der Waals surface area contributed by atoms with Gasteiger partial charge >= 0.3 is 0 Å². The van der Waals surface area contributed by atoms with Gasteiger partial charge in [0.25, 0.3) is 5.91 Å². The van der Waals surface area contributed by atoms with Gasteiger partial charge in [0.1, 0.15) is 5.82 Å². The highest BCUT2D eigenvalue weighted by molar-refractivity contribution is 6.04. The molecule has 0 radical (unpaired) electrons. The van der Waals surface area contributed by atoms with Gasteiger partial charge in [0.2, 0.25) is 0 Å². The Morgan fingerprint density at radius 2 is 1.78 bits per heavy atom. The average Bonchev–Trinajstić information content (AvgIpc) is 2.99. The first-order valence-electron chi connectivity index (χ1n) is 9.20. The van der Waals surface area contributed by atoms with Gasteiger partial charge in [0.15, 0.2) is 11.5 Å². The van der Waals surface area contributed by atoms with E-state index in [1.54, 1.807) is 25.3 Å². The lowest BCUT2D eigenvalue weighted by Gasteiger charge is -2.23. The Labute approximate surface area is 161 Å². The van der Waals surface area contributed by atoms with Crippen LogP contribution in [0.25, 0.3) is 0 Å². The van der Waals surface area contributed by atoms with E-state index in [0.717, 1.165) is 5.69 Å². The van der Waals surface area contributed by atoms with E-state index in [1.165, 1.54) is 0 Å². The zero-order chi connectivity index (χ0) is 20.4. The van der Waals surface area contributed by atoms with Gasteiger partial charge in [-0.15, -0.1) is 0 Å². The summed E-state index contributed by atoms with van der Waals surface area (Å²) in [5.74, 6) is 1.60. The molecule has 0 spiro atoms. The van der Waals surface area contributed by atoms with Gasteiger partial charge in [-0.05, 0) is 45.9 Å². The molecule has 2 aromatic rings. The first-order valence-corrected chi connectivity index (χ1v) is 9.20. The quantitative estimate of drug-likeness (QED) is 0.832. The highest BCUT2D eigenvalue weighted by Crippen LogP contribution is 2.30. The van der Waals surface area contributed by atoms with Gasteiger partial charge in [-0.1, -0.05) is 20.8 Å². The van der Waals surface area contributed by atoms with Crippen LogP contribution in [-0.2, 0) is 11.0 Å². The van der Waals surface area contributed by atoms with Gasteiger partial charge in [-0.25, -0.2) is 4.68 Å². The summed E-state index contributed by atoms with van der Waals surface area (Å²) in [6.45, 7) is 14.9. The molecule has 148 valence electrons. The van der Waals surface area contributed by atoms with Gasteiger partial charge in [-0.2, -0.15) is 5.10 Å². The number of ether oxygens (including phenoxy) is 2. The van der Waals surface area contributed by atoms with E-state index in [4.69, 9.17) is 14.6 Å². The molecule has 6 heteroatoms. The van der Waals surface area contributed by atoms with E-state index in [9.17, 15) is 4.79 Å². The summed E-state index contributed by atoms with van der Waals surface area (Å²) in [6, 6.07) is 7.10. The van der Waals surface area contributed by atoms with Crippen molar-refractivity contribution in [2.75, 3.05) is 19.0 Å². The molecule has 27 heavy (non-hydrogen) atoms. The maximum atomic E-state index is 12.8. The molecule has 0 saturated heterocycles. The fourth-order valence-corrected chi connectivity index (χ4v) is 2.62. The highest BCUT2D eigenvalue weighted by atomic mass is 16.5. The molecule has 0 aliphatic heterocycles. The zero-order valence-corrected chi connectivity index (χ0v) is 17.6. The number of nitrogens with zero attached hydrogens (tertiary/aromatic N) is 2. The molecule has 2 rings (SSSR count). The minimum atomic E-state index is -0.261. The highest BCUT2D eigenvalue weighted by Gasteiger charge is 2.26. The van der Waals surface area contributed by atoms with Crippen LogP contribution in [0.15, 0.2) is 24.3 Å². The first kappa shape index (κ1) is 20.8. The number of aromatic nitrogens is 2. The lowest BCUT2D eigenvalue weighted by atomic mass is 9.92. The molecule has 0 unspecified atom stereocenters. The average molecular weight is 373 g/mol. The third-order valence-corrected chi connectivity index (χ3v) is 4.08. The van der Waals surface area contributed by atoms with Crippen molar-refractivity contribution in [3.8, 4) is 11.5 Å². The molecule has 1 heterocycles. The van der Waals surface area contributed by atoms with E-state index in [2.05, 4.69) is 46.9 Å². The van der Waals surface area contributed by atoms with Crippen molar-refractivity contribution in [1.82, 2.24) is 9.78 Å². The molecule has 0 aliphatic rings. The fourth-order valence-electron chi connectivity index (χ4n) is 2.62. The van der Waals surface area contributed by atoms with Gasteiger partial charge in [-0.3, -0.25) is 4.79 Å². The minimum Gasteiger partial charge on any atom is -0.493 e. The number of carbonyl (C=O) groups excluding carboxylic acids is 1. The van der Waals surface area contributed by atoms with E-state index in [0.29, 0.717) is 29.5 Å². The predicted molar refractivity (Wildman–Crippen MR) is 108 cm³/mol. The molecule has 0 atom stereocenters. The van der Waals surface area contributed by atoms with Crippen LogP contribution >= 0.6 is 0 Å². The maximum absolute atomic E-state index is 12.8. The first-order chi connectivity index (χ1) is 12.5. The number of anilines is 1. The van der Waals surface area contributed by atoms with Crippen LogP contribution in [0.5, 0.6) is 11.5 Å². The number of hydrogen-bond donors (Lipinski definition) is 1. The largest absolute Gasteiger partial charge is 0.493 e. The molecule has 0 bridgehead atoms. The Morgan fingerprint density at radius 3 is 2.30 bits per heavy atom. The summed E-state index contributed by atoms with van der Waals surface area (Å²) in [7, 11) is 1.56. The summed E-state index contributed by atoms with van der Waals surface area (Å²) in [6.07, 6.45) is 0. The second-order valence-corrected chi connectivity index (χ2v) is 8.50. The van der Waals surface area contributed by atoms with Crippen LogP contribution in [0, 0.1) is 0 Å². The lowest BCUT2D eigenvalue weighted by molar-refractivity contribution is 0.102. The summed E-state index contributed by atoms with van der Waals surface area (Å²) in [5.41, 5.74) is 1.05. The molecular formula is C21H31N3O3. The number of nitrogens with one attached hydrogen (secondary N) is 1. The van der Waals surface area contributed by atoms with Crippen molar-refractivity contribution < 1.29 is 14.3 Å². The Balaban J connectivity index is 2.36. The predicted octanol–water partition coefficient (Wildman–Crippen LogP) is 4.60. The second kappa shape index (κ2) is 7.62. The van der Waals surface area contributed by atoms with Gasteiger partial charge < -0.3 is 14.8 Å². The molecule has 1 N–H and O–H groups in total. The second-order valence-electron chi connectivity index (χ2n) is 8.50. The molecule has 0 fully saturated rings. The number of carbonyl (C=O) groups is 1. The summed E-state index contributed by atoms with van der Waals surface area (Å²) < 4.78 is 12.7. The molecule has 0 aliphatic carbocycles. The third-order valence-electron chi connectivity index (χ3n) is 4.08. The van der Waals surface area contributed by atoms with Crippen LogP contribution in [0.2, 0.25) is 0 Å². The number of methoxy groups -OCH3 is 1. The van der Waals surface area contributed by atoms with Crippen molar-refractivity contribution in [2.24, 2.45) is 0 Å². The number of rotatable bonds is 5. The maximum Gasteiger partial charge on any atom is 0.256 e. The minimum absolute atomic E-state index is 0.113. The molecule has 1 amide bonds. The number of benzene rings is 1. The SMILES string of the molecule is CCOc1ccc(C(=O)Nc2cc(C(C)(C)C)nn2C(C)(C)C)cc1OC. The zero-order valence-electron chi connectivity index (χ0n) is 17.6. The van der Waals surface area contributed by atoms with E-state index >= 15 is 0 Å². The van der Waals surface area contributed by atoms with E-state index in [-0.39, 0.29) is 16.9 Å². The standard InChI is InChI=1S/C21H31N3O3/c1-9-27-15-11-10-14(12-16(15)26-8)19(25)22-18-13-17(20(2,3)4)23-24(18)21(5,6)7/h10-13H,9H2,1-8H3,(H,22,25). The summed E-state index contributed by atoms with van der Waals surface area (Å²) in [4.78, 5) is 12.8. The monoisotopic (exact) mass is 373 g/mol. The Kier molecular flexibility index (Phi) is 5.88. The topological polar surface area (TPSA) is 65.4 Å². The Bertz CT molecular complexity index is 811. The van der Waals surface area contributed by atoms with Crippen molar-refractivity contribution in [1.29, 1.82) is 0 Å². The van der Waals surface area contributed by atoms with Crippen LogP contribution in [-0.4, -0.2) is 29.4 Å². The van der Waals surface area contributed by atoms with Crippen LogP contribution in [0.1, 0.15) is 64.5 Å². The molecule has 6 nitrogen and oxygen atoms in total. The van der Waals surface area contributed by atoms with E-state index < -0.39 is 0 Å². The summed E-state index contributed by atoms with van der Waals surface area (Å²) >= 11 is 0. The lowest BCUT2D eigenvalue weighted by Crippen LogP contribution is -2.27.